The van der Waals surface area contributed by atoms with Crippen molar-refractivity contribution in [2.75, 3.05) is 0 Å². The molecule has 4 nitrogen and oxygen atoms in total. The molecule has 1 aromatic rings. The Balaban J connectivity index is 3.07. The second-order valence-electron chi connectivity index (χ2n) is 3.48. The van der Waals surface area contributed by atoms with Crippen LogP contribution in [0.15, 0.2) is 18.2 Å². The number of Topliss-reactive ketones (excluding diaryl/α,β-unsaturated/α-hetero) is 2. The fourth-order valence-corrected chi connectivity index (χ4v) is 1.35. The van der Waals surface area contributed by atoms with Crippen molar-refractivity contribution in [3.63, 3.8) is 0 Å². The van der Waals surface area contributed by atoms with Gasteiger partial charge in [0.25, 0.3) is 0 Å². The molecule has 0 saturated carbocycles. The second-order valence-corrected chi connectivity index (χ2v) is 3.48. The average Bonchev–Trinajstić information content (AvgIpc) is 2.37. The zero-order valence-electron chi connectivity index (χ0n) is 9.36. The fourth-order valence-electron chi connectivity index (χ4n) is 1.35. The molecule has 0 N–H and O–H groups in total. The molecule has 0 unspecified atom stereocenters. The van der Waals surface area contributed by atoms with Crippen molar-refractivity contribution in [3.8, 4) is 12.1 Å². The number of rotatable bonds is 4. The average molecular weight is 226 g/mol. The van der Waals surface area contributed by atoms with Gasteiger partial charge < -0.3 is 0 Å². The summed E-state index contributed by atoms with van der Waals surface area (Å²) in [5.74, 6) is -0.541. The van der Waals surface area contributed by atoms with Gasteiger partial charge in [0.05, 0.1) is 29.7 Å². The van der Waals surface area contributed by atoms with Gasteiger partial charge in [0, 0.05) is 12.0 Å². The van der Waals surface area contributed by atoms with E-state index in [0.717, 1.165) is 0 Å². The predicted octanol–water partition coefficient (Wildman–Crippen LogP) is 1.98. The molecule has 1 rings (SSSR count). The number of benzene rings is 1. The lowest BCUT2D eigenvalue weighted by atomic mass is 9.98. The first-order chi connectivity index (χ1) is 8.12. The summed E-state index contributed by atoms with van der Waals surface area (Å²) in [6.07, 6.45) is 0.0982. The number of hydrogen-bond acceptors (Lipinski definition) is 4. The summed E-state index contributed by atoms with van der Waals surface area (Å²) in [5.41, 5.74) is 0.658. The standard InChI is InChI=1S/C13H10N2O2/c1-2-11(16)6-13(17)12-4-3-9(7-14)5-10(12)8-15/h3-5H,2,6H2,1H3. The minimum Gasteiger partial charge on any atom is -0.299 e. The number of nitriles is 2. The highest BCUT2D eigenvalue weighted by molar-refractivity contribution is 6.09. The van der Waals surface area contributed by atoms with Crippen LogP contribution in [0.2, 0.25) is 0 Å². The molecule has 0 radical (unpaired) electrons. The minimum atomic E-state index is -0.377. The first kappa shape index (κ1) is 12.6. The van der Waals surface area contributed by atoms with E-state index in [4.69, 9.17) is 10.5 Å². The highest BCUT2D eigenvalue weighted by atomic mass is 16.1. The quantitative estimate of drug-likeness (QED) is 0.580. The van der Waals surface area contributed by atoms with Crippen molar-refractivity contribution in [2.24, 2.45) is 0 Å². The molecule has 0 aliphatic carbocycles. The molecule has 0 aliphatic heterocycles. The molecule has 0 atom stereocenters. The molecule has 0 aromatic heterocycles. The van der Waals surface area contributed by atoms with E-state index in [2.05, 4.69) is 0 Å². The molecule has 0 spiro atoms. The normalized spacial score (nSPS) is 9.12. The Morgan fingerprint density at radius 3 is 2.47 bits per heavy atom. The molecule has 0 amide bonds. The van der Waals surface area contributed by atoms with Gasteiger partial charge in [0.2, 0.25) is 0 Å². The summed E-state index contributed by atoms with van der Waals surface area (Å²) in [6.45, 7) is 1.68. The van der Waals surface area contributed by atoms with Gasteiger partial charge in [-0.3, -0.25) is 9.59 Å². The van der Waals surface area contributed by atoms with E-state index in [1.165, 1.54) is 18.2 Å². The van der Waals surface area contributed by atoms with Crippen LogP contribution in [0.4, 0.5) is 0 Å². The smallest absolute Gasteiger partial charge is 0.171 e. The van der Waals surface area contributed by atoms with E-state index in [-0.39, 0.29) is 29.1 Å². The predicted molar refractivity (Wildman–Crippen MR) is 60.1 cm³/mol. The Labute approximate surface area is 99.1 Å². The van der Waals surface area contributed by atoms with Crippen LogP contribution in [-0.4, -0.2) is 11.6 Å². The highest BCUT2D eigenvalue weighted by Gasteiger charge is 2.14. The molecule has 84 valence electrons. The SMILES string of the molecule is CCC(=O)CC(=O)c1ccc(C#N)cc1C#N. The van der Waals surface area contributed by atoms with E-state index in [1.807, 2.05) is 12.1 Å². The minimum absolute atomic E-state index is 0.137. The van der Waals surface area contributed by atoms with Crippen molar-refractivity contribution in [1.82, 2.24) is 0 Å². The number of ketones is 2. The Bertz CT molecular complexity index is 548. The van der Waals surface area contributed by atoms with E-state index in [0.29, 0.717) is 12.0 Å². The lowest BCUT2D eigenvalue weighted by Gasteiger charge is -2.02. The van der Waals surface area contributed by atoms with Crippen molar-refractivity contribution < 1.29 is 9.59 Å². The van der Waals surface area contributed by atoms with Gasteiger partial charge in [0.15, 0.2) is 5.78 Å². The Kier molecular flexibility index (Phi) is 4.14. The van der Waals surface area contributed by atoms with Crippen molar-refractivity contribution in [3.05, 3.63) is 34.9 Å². The van der Waals surface area contributed by atoms with Crippen LogP contribution in [0.1, 0.15) is 41.3 Å². The fraction of sp³-hybridized carbons (Fsp3) is 0.231. The molecule has 0 aliphatic rings. The topological polar surface area (TPSA) is 81.7 Å². The van der Waals surface area contributed by atoms with Gasteiger partial charge in [-0.15, -0.1) is 0 Å². The number of carbonyl (C=O) groups excluding carboxylic acids is 2. The van der Waals surface area contributed by atoms with Crippen molar-refractivity contribution in [1.29, 1.82) is 10.5 Å². The lowest BCUT2D eigenvalue weighted by Crippen LogP contribution is -2.08. The first-order valence-electron chi connectivity index (χ1n) is 5.11. The zero-order valence-corrected chi connectivity index (χ0v) is 9.36. The van der Waals surface area contributed by atoms with Crippen LogP contribution in [0, 0.1) is 22.7 Å². The molecule has 0 fully saturated rings. The van der Waals surface area contributed by atoms with E-state index < -0.39 is 0 Å². The van der Waals surface area contributed by atoms with E-state index in [9.17, 15) is 9.59 Å². The maximum Gasteiger partial charge on any atom is 0.171 e. The molecular formula is C13H10N2O2. The summed E-state index contributed by atoms with van der Waals surface area (Å²) in [6, 6.07) is 7.98. The molecule has 0 heterocycles. The summed E-state index contributed by atoms with van der Waals surface area (Å²) >= 11 is 0. The van der Waals surface area contributed by atoms with Crippen LogP contribution < -0.4 is 0 Å². The molecule has 1 aromatic carbocycles. The lowest BCUT2D eigenvalue weighted by molar-refractivity contribution is -0.117. The number of hydrogen-bond donors (Lipinski definition) is 0. The van der Waals surface area contributed by atoms with Gasteiger partial charge in [-0.2, -0.15) is 10.5 Å². The van der Waals surface area contributed by atoms with Crippen molar-refractivity contribution >= 4 is 11.6 Å². The molecule has 4 heteroatoms. The molecule has 0 saturated heterocycles. The van der Waals surface area contributed by atoms with Crippen LogP contribution in [0.25, 0.3) is 0 Å². The van der Waals surface area contributed by atoms with Crippen LogP contribution in [-0.2, 0) is 4.79 Å². The maximum absolute atomic E-state index is 11.7. The van der Waals surface area contributed by atoms with Crippen LogP contribution in [0.3, 0.4) is 0 Å². The second kappa shape index (κ2) is 5.58. The third-order valence-corrected chi connectivity index (χ3v) is 2.32. The Hall–Kier alpha value is -2.46. The third-order valence-electron chi connectivity index (χ3n) is 2.32. The van der Waals surface area contributed by atoms with E-state index in [1.54, 1.807) is 6.92 Å². The molecule has 0 bridgehead atoms. The largest absolute Gasteiger partial charge is 0.299 e. The molecule has 17 heavy (non-hydrogen) atoms. The third kappa shape index (κ3) is 2.99. The monoisotopic (exact) mass is 226 g/mol. The van der Waals surface area contributed by atoms with Crippen LogP contribution in [0.5, 0.6) is 0 Å². The number of carbonyl (C=O) groups is 2. The van der Waals surface area contributed by atoms with Gasteiger partial charge in [-0.05, 0) is 18.2 Å². The number of nitrogens with zero attached hydrogens (tertiary/aromatic N) is 2. The van der Waals surface area contributed by atoms with Gasteiger partial charge in [-0.1, -0.05) is 6.92 Å². The highest BCUT2D eigenvalue weighted by Crippen LogP contribution is 2.13. The van der Waals surface area contributed by atoms with Crippen LogP contribution >= 0.6 is 0 Å². The summed E-state index contributed by atoms with van der Waals surface area (Å²) in [7, 11) is 0. The molecular weight excluding hydrogens is 216 g/mol. The Morgan fingerprint density at radius 2 is 1.94 bits per heavy atom. The summed E-state index contributed by atoms with van der Waals surface area (Å²) in [5, 5.41) is 17.6. The zero-order chi connectivity index (χ0) is 12.8. The van der Waals surface area contributed by atoms with E-state index >= 15 is 0 Å². The Morgan fingerprint density at radius 1 is 1.24 bits per heavy atom. The first-order valence-corrected chi connectivity index (χ1v) is 5.11. The summed E-state index contributed by atoms with van der Waals surface area (Å²) < 4.78 is 0. The van der Waals surface area contributed by atoms with Gasteiger partial charge in [-0.25, -0.2) is 0 Å². The van der Waals surface area contributed by atoms with Gasteiger partial charge in [0.1, 0.15) is 5.78 Å². The van der Waals surface area contributed by atoms with Crippen molar-refractivity contribution in [2.45, 2.75) is 19.8 Å². The van der Waals surface area contributed by atoms with Gasteiger partial charge >= 0.3 is 0 Å². The summed E-state index contributed by atoms with van der Waals surface area (Å²) in [4.78, 5) is 22.9. The maximum atomic E-state index is 11.7.